The van der Waals surface area contributed by atoms with Gasteiger partial charge in [-0.05, 0) is 31.0 Å². The summed E-state index contributed by atoms with van der Waals surface area (Å²) in [5.74, 6) is 0.873. The van der Waals surface area contributed by atoms with Crippen molar-refractivity contribution < 1.29 is 4.92 Å². The summed E-state index contributed by atoms with van der Waals surface area (Å²) in [6, 6.07) is 5.21. The minimum atomic E-state index is -0.326. The molecule has 0 spiro atoms. The summed E-state index contributed by atoms with van der Waals surface area (Å²) < 4.78 is 0.743. The number of nitro benzene ring substituents is 1. The summed E-state index contributed by atoms with van der Waals surface area (Å²) in [4.78, 5) is 10.6. The second-order valence-corrected chi connectivity index (χ2v) is 5.71. The zero-order valence-electron chi connectivity index (χ0n) is 10.2. The fraction of sp³-hybridized carbons (Fsp3) is 0.538. The second-order valence-electron chi connectivity index (χ2n) is 4.79. The maximum atomic E-state index is 10.9. The molecule has 0 radical (unpaired) electrons. The van der Waals surface area contributed by atoms with E-state index in [0.29, 0.717) is 6.54 Å². The van der Waals surface area contributed by atoms with Gasteiger partial charge < -0.3 is 5.32 Å². The van der Waals surface area contributed by atoms with Gasteiger partial charge in [-0.15, -0.1) is 0 Å². The first kappa shape index (κ1) is 13.5. The Morgan fingerprint density at radius 2 is 2.22 bits per heavy atom. The van der Waals surface area contributed by atoms with Crippen molar-refractivity contribution >= 4 is 21.6 Å². The Labute approximate surface area is 115 Å². The van der Waals surface area contributed by atoms with Gasteiger partial charge in [0.2, 0.25) is 0 Å². The lowest BCUT2D eigenvalue weighted by Gasteiger charge is -2.25. The first-order chi connectivity index (χ1) is 8.66. The van der Waals surface area contributed by atoms with E-state index in [0.717, 1.165) is 22.5 Å². The van der Waals surface area contributed by atoms with Gasteiger partial charge in [-0.25, -0.2) is 0 Å². The highest BCUT2D eigenvalue weighted by atomic mass is 79.9. The molecule has 5 heteroatoms. The molecular weight excluding hydrogens is 296 g/mol. The van der Waals surface area contributed by atoms with E-state index in [1.807, 2.05) is 6.07 Å². The van der Waals surface area contributed by atoms with Crippen LogP contribution in [0.2, 0.25) is 0 Å². The molecule has 1 aromatic carbocycles. The summed E-state index contributed by atoms with van der Waals surface area (Å²) in [6.45, 7) is 1.51. The SMILES string of the molecule is O=[N+]([O-])c1cc(Br)ccc1CNCCC1CCC1. The third-order valence-corrected chi connectivity index (χ3v) is 4.01. The van der Waals surface area contributed by atoms with Gasteiger partial charge in [0.15, 0.2) is 0 Å². The van der Waals surface area contributed by atoms with Crippen LogP contribution in [0.5, 0.6) is 0 Å². The van der Waals surface area contributed by atoms with E-state index in [1.165, 1.54) is 25.7 Å². The molecule has 0 bridgehead atoms. The van der Waals surface area contributed by atoms with Crippen molar-refractivity contribution in [3.05, 3.63) is 38.3 Å². The van der Waals surface area contributed by atoms with Gasteiger partial charge in [-0.2, -0.15) is 0 Å². The monoisotopic (exact) mass is 312 g/mol. The highest BCUT2D eigenvalue weighted by molar-refractivity contribution is 9.10. The smallest absolute Gasteiger partial charge is 0.275 e. The summed E-state index contributed by atoms with van der Waals surface area (Å²) in [6.07, 6.45) is 5.24. The number of hydrogen-bond acceptors (Lipinski definition) is 3. The maximum absolute atomic E-state index is 10.9. The van der Waals surface area contributed by atoms with Crippen molar-refractivity contribution in [1.29, 1.82) is 0 Å². The Bertz CT molecular complexity index is 433. The van der Waals surface area contributed by atoms with E-state index < -0.39 is 0 Å². The van der Waals surface area contributed by atoms with Crippen LogP contribution in [0.15, 0.2) is 22.7 Å². The quantitative estimate of drug-likeness (QED) is 0.495. The van der Waals surface area contributed by atoms with Gasteiger partial charge in [0, 0.05) is 22.6 Å². The van der Waals surface area contributed by atoms with Crippen LogP contribution in [-0.2, 0) is 6.54 Å². The lowest BCUT2D eigenvalue weighted by atomic mass is 9.83. The largest absolute Gasteiger partial charge is 0.312 e. The van der Waals surface area contributed by atoms with E-state index in [-0.39, 0.29) is 10.6 Å². The van der Waals surface area contributed by atoms with Crippen LogP contribution < -0.4 is 5.32 Å². The van der Waals surface area contributed by atoms with Gasteiger partial charge >= 0.3 is 0 Å². The van der Waals surface area contributed by atoms with E-state index in [2.05, 4.69) is 21.2 Å². The van der Waals surface area contributed by atoms with Crippen molar-refractivity contribution in [2.24, 2.45) is 5.92 Å². The molecule has 0 aliphatic heterocycles. The van der Waals surface area contributed by atoms with Crippen LogP contribution in [0.1, 0.15) is 31.2 Å². The summed E-state index contributed by atoms with van der Waals surface area (Å²) in [5, 5.41) is 14.2. The highest BCUT2D eigenvalue weighted by Crippen LogP contribution is 2.29. The van der Waals surface area contributed by atoms with Crippen molar-refractivity contribution in [2.75, 3.05) is 6.54 Å². The maximum Gasteiger partial charge on any atom is 0.275 e. The zero-order valence-corrected chi connectivity index (χ0v) is 11.8. The number of rotatable bonds is 6. The molecule has 0 amide bonds. The van der Waals surface area contributed by atoms with Crippen LogP contribution >= 0.6 is 15.9 Å². The summed E-state index contributed by atoms with van der Waals surface area (Å²) in [5.41, 5.74) is 0.928. The Morgan fingerprint density at radius 1 is 1.44 bits per heavy atom. The molecule has 1 aliphatic rings. The van der Waals surface area contributed by atoms with Gasteiger partial charge in [-0.1, -0.05) is 35.2 Å². The van der Waals surface area contributed by atoms with E-state index in [4.69, 9.17) is 0 Å². The first-order valence-corrected chi connectivity index (χ1v) is 7.09. The molecule has 0 aromatic heterocycles. The van der Waals surface area contributed by atoms with Crippen LogP contribution in [0.4, 0.5) is 5.69 Å². The molecule has 0 saturated heterocycles. The fourth-order valence-electron chi connectivity index (χ4n) is 2.17. The molecule has 2 rings (SSSR count). The number of halogens is 1. The Balaban J connectivity index is 1.85. The third kappa shape index (κ3) is 3.53. The van der Waals surface area contributed by atoms with Gasteiger partial charge in [-0.3, -0.25) is 10.1 Å². The van der Waals surface area contributed by atoms with Crippen LogP contribution in [0, 0.1) is 16.0 Å². The van der Waals surface area contributed by atoms with E-state index in [9.17, 15) is 10.1 Å². The summed E-state index contributed by atoms with van der Waals surface area (Å²) >= 11 is 3.26. The zero-order chi connectivity index (χ0) is 13.0. The molecule has 1 fully saturated rings. The Morgan fingerprint density at radius 3 is 2.83 bits per heavy atom. The molecule has 98 valence electrons. The molecular formula is C13H17BrN2O2. The second kappa shape index (κ2) is 6.29. The van der Waals surface area contributed by atoms with Crippen LogP contribution in [0.25, 0.3) is 0 Å². The van der Waals surface area contributed by atoms with Gasteiger partial charge in [0.25, 0.3) is 5.69 Å². The average Bonchev–Trinajstić information content (AvgIpc) is 2.27. The van der Waals surface area contributed by atoms with Crippen LogP contribution in [-0.4, -0.2) is 11.5 Å². The molecule has 1 saturated carbocycles. The molecule has 4 nitrogen and oxygen atoms in total. The molecule has 18 heavy (non-hydrogen) atoms. The van der Waals surface area contributed by atoms with Crippen LogP contribution in [0.3, 0.4) is 0 Å². The van der Waals surface area contributed by atoms with Gasteiger partial charge in [0.05, 0.1) is 4.92 Å². The molecule has 0 heterocycles. The van der Waals surface area contributed by atoms with E-state index in [1.54, 1.807) is 12.1 Å². The van der Waals surface area contributed by atoms with Gasteiger partial charge in [0.1, 0.15) is 0 Å². The minimum absolute atomic E-state index is 0.181. The standard InChI is InChI=1S/C13H17BrN2O2/c14-12-5-4-11(13(8-12)16(17)18)9-15-7-6-10-2-1-3-10/h4-5,8,10,15H,1-3,6-7,9H2. The van der Waals surface area contributed by atoms with Crippen molar-refractivity contribution in [3.63, 3.8) is 0 Å². The fourth-order valence-corrected chi connectivity index (χ4v) is 2.52. The van der Waals surface area contributed by atoms with Crippen molar-refractivity contribution in [2.45, 2.75) is 32.2 Å². The molecule has 1 aliphatic carbocycles. The number of hydrogen-bond donors (Lipinski definition) is 1. The van der Waals surface area contributed by atoms with Crippen molar-refractivity contribution in [1.82, 2.24) is 5.32 Å². The van der Waals surface area contributed by atoms with Crippen molar-refractivity contribution in [3.8, 4) is 0 Å². The molecule has 1 aromatic rings. The lowest BCUT2D eigenvalue weighted by Crippen LogP contribution is -2.21. The Hall–Kier alpha value is -0.940. The topological polar surface area (TPSA) is 55.2 Å². The Kier molecular flexibility index (Phi) is 4.72. The minimum Gasteiger partial charge on any atom is -0.312 e. The predicted molar refractivity (Wildman–Crippen MR) is 74.5 cm³/mol. The molecule has 0 unspecified atom stereocenters. The van der Waals surface area contributed by atoms with E-state index >= 15 is 0 Å². The molecule has 0 atom stereocenters. The third-order valence-electron chi connectivity index (χ3n) is 3.51. The number of nitrogens with one attached hydrogen (secondary N) is 1. The highest BCUT2D eigenvalue weighted by Gasteiger charge is 2.17. The first-order valence-electron chi connectivity index (χ1n) is 6.30. The number of benzene rings is 1. The normalized spacial score (nSPS) is 15.4. The number of nitrogens with zero attached hydrogens (tertiary/aromatic N) is 1. The predicted octanol–water partition coefficient (Wildman–Crippen LogP) is 3.64. The summed E-state index contributed by atoms with van der Waals surface area (Å²) in [7, 11) is 0. The molecule has 1 N–H and O–H groups in total. The number of nitro groups is 1. The lowest BCUT2D eigenvalue weighted by molar-refractivity contribution is -0.385. The average molecular weight is 313 g/mol.